The molecule has 2 saturated carbocycles. The molecule has 0 spiro atoms. The Balaban J connectivity index is 1.83. The van der Waals surface area contributed by atoms with Crippen LogP contribution in [0.2, 0.25) is 0 Å². The number of carbonyl (C=O) groups is 1. The zero-order chi connectivity index (χ0) is 18.2. The molecule has 2 unspecified atom stereocenters. The van der Waals surface area contributed by atoms with Gasteiger partial charge >= 0.3 is 5.97 Å². The summed E-state index contributed by atoms with van der Waals surface area (Å²) in [6.45, 7) is 9.12. The Kier molecular flexibility index (Phi) is 4.90. The highest BCUT2D eigenvalue weighted by Gasteiger charge is 2.37. The largest absolute Gasteiger partial charge is 0.493 e. The fraction of sp³-hybridized carbons (Fsp3) is 0.571. The lowest BCUT2D eigenvalue weighted by atomic mass is 9.67. The van der Waals surface area contributed by atoms with Gasteiger partial charge in [-0.1, -0.05) is 26.0 Å². The Morgan fingerprint density at radius 2 is 2.16 bits per heavy atom. The molecule has 0 heterocycles. The number of ether oxygens (including phenoxy) is 1. The Bertz CT molecular complexity index is 693. The van der Waals surface area contributed by atoms with Gasteiger partial charge < -0.3 is 9.84 Å². The van der Waals surface area contributed by atoms with Crippen LogP contribution >= 0.6 is 0 Å². The number of benzene rings is 1. The van der Waals surface area contributed by atoms with Crippen molar-refractivity contribution in [2.45, 2.75) is 58.3 Å². The van der Waals surface area contributed by atoms with E-state index in [0.717, 1.165) is 44.1 Å². The third-order valence-electron chi connectivity index (χ3n) is 5.67. The first-order chi connectivity index (χ1) is 11.8. The van der Waals surface area contributed by atoms with Gasteiger partial charge in [0.05, 0.1) is 12.2 Å². The van der Waals surface area contributed by atoms with E-state index in [9.17, 15) is 9.18 Å². The second-order valence-electron chi connectivity index (χ2n) is 8.03. The number of aromatic carboxylic acids is 1. The van der Waals surface area contributed by atoms with Gasteiger partial charge in [-0.3, -0.25) is 0 Å². The van der Waals surface area contributed by atoms with Crippen molar-refractivity contribution >= 4 is 5.97 Å². The molecule has 2 aliphatic rings. The maximum atomic E-state index is 14.2. The lowest BCUT2D eigenvalue weighted by Gasteiger charge is -2.40. The first kappa shape index (κ1) is 18.0. The minimum absolute atomic E-state index is 0.0392. The quantitative estimate of drug-likeness (QED) is 0.687. The monoisotopic (exact) mass is 346 g/mol. The van der Waals surface area contributed by atoms with Gasteiger partial charge in [0.1, 0.15) is 11.6 Å². The van der Waals surface area contributed by atoms with Crippen molar-refractivity contribution in [1.82, 2.24) is 0 Å². The Morgan fingerprint density at radius 1 is 1.44 bits per heavy atom. The number of hydrogen-bond donors (Lipinski definition) is 1. The Morgan fingerprint density at radius 3 is 2.72 bits per heavy atom. The van der Waals surface area contributed by atoms with Crippen LogP contribution in [0.4, 0.5) is 4.39 Å². The second-order valence-corrected chi connectivity index (χ2v) is 8.03. The Labute approximate surface area is 148 Å². The predicted molar refractivity (Wildman–Crippen MR) is 95.7 cm³/mol. The van der Waals surface area contributed by atoms with Crippen LogP contribution in [0.25, 0.3) is 0 Å². The summed E-state index contributed by atoms with van der Waals surface area (Å²) in [6, 6.07) is 2.73. The normalized spacial score (nSPS) is 26.5. The second kappa shape index (κ2) is 6.81. The summed E-state index contributed by atoms with van der Waals surface area (Å²) >= 11 is 0. The third-order valence-corrected chi connectivity index (χ3v) is 5.67. The fourth-order valence-corrected chi connectivity index (χ4v) is 4.27. The molecule has 3 nitrogen and oxygen atoms in total. The molecule has 0 amide bonds. The zero-order valence-electron chi connectivity index (χ0n) is 15.1. The van der Waals surface area contributed by atoms with Gasteiger partial charge in [0, 0.05) is 11.5 Å². The van der Waals surface area contributed by atoms with E-state index in [0.29, 0.717) is 24.2 Å². The van der Waals surface area contributed by atoms with Crippen LogP contribution in [0.15, 0.2) is 24.3 Å². The van der Waals surface area contributed by atoms with Gasteiger partial charge in [-0.15, -0.1) is 0 Å². The molecule has 0 radical (unpaired) electrons. The Hall–Kier alpha value is -1.84. The van der Waals surface area contributed by atoms with E-state index in [4.69, 9.17) is 9.84 Å². The van der Waals surface area contributed by atoms with E-state index in [-0.39, 0.29) is 11.0 Å². The van der Waals surface area contributed by atoms with Crippen molar-refractivity contribution in [3.8, 4) is 5.75 Å². The van der Waals surface area contributed by atoms with Gasteiger partial charge in [0.2, 0.25) is 0 Å². The SMILES string of the molecule is C=C1CC(C)CC(CC)(COc2cc(F)c(C(=O)O)cc2C2CC2)C1. The number of carboxylic acid groups (broad SMARTS) is 1. The maximum Gasteiger partial charge on any atom is 0.338 e. The van der Waals surface area contributed by atoms with Crippen LogP contribution in [0, 0.1) is 17.2 Å². The smallest absolute Gasteiger partial charge is 0.338 e. The van der Waals surface area contributed by atoms with Gasteiger partial charge in [0.15, 0.2) is 0 Å². The number of carboxylic acids is 1. The number of rotatable bonds is 6. The van der Waals surface area contributed by atoms with Crippen LogP contribution < -0.4 is 4.74 Å². The highest BCUT2D eigenvalue weighted by atomic mass is 19.1. The van der Waals surface area contributed by atoms with Crippen molar-refractivity contribution in [2.75, 3.05) is 6.61 Å². The minimum atomic E-state index is -1.23. The van der Waals surface area contributed by atoms with E-state index in [1.54, 1.807) is 0 Å². The minimum Gasteiger partial charge on any atom is -0.493 e. The van der Waals surface area contributed by atoms with E-state index in [1.165, 1.54) is 17.7 Å². The van der Waals surface area contributed by atoms with E-state index < -0.39 is 11.8 Å². The van der Waals surface area contributed by atoms with Gasteiger partial charge in [-0.25, -0.2) is 9.18 Å². The number of hydrogen-bond acceptors (Lipinski definition) is 2. The molecule has 1 aromatic carbocycles. The molecule has 1 N–H and O–H groups in total. The van der Waals surface area contributed by atoms with Crippen molar-refractivity contribution in [3.05, 3.63) is 41.2 Å². The molecular formula is C21H27FO3. The molecule has 0 saturated heterocycles. The number of halogens is 1. The molecule has 25 heavy (non-hydrogen) atoms. The zero-order valence-corrected chi connectivity index (χ0v) is 15.1. The van der Waals surface area contributed by atoms with E-state index >= 15 is 0 Å². The summed E-state index contributed by atoms with van der Waals surface area (Å²) in [5.74, 6) is -0.556. The molecule has 0 bridgehead atoms. The van der Waals surface area contributed by atoms with Crippen molar-refractivity contribution in [1.29, 1.82) is 0 Å². The molecule has 136 valence electrons. The molecular weight excluding hydrogens is 319 g/mol. The predicted octanol–water partition coefficient (Wildman–Crippen LogP) is 5.55. The maximum absolute atomic E-state index is 14.2. The van der Waals surface area contributed by atoms with Crippen LogP contribution in [-0.4, -0.2) is 17.7 Å². The molecule has 0 aliphatic heterocycles. The summed E-state index contributed by atoms with van der Waals surface area (Å²) in [5.41, 5.74) is 1.88. The summed E-state index contributed by atoms with van der Waals surface area (Å²) in [4.78, 5) is 11.2. The van der Waals surface area contributed by atoms with Crippen molar-refractivity contribution in [3.63, 3.8) is 0 Å². The summed E-state index contributed by atoms with van der Waals surface area (Å²) < 4.78 is 20.3. The van der Waals surface area contributed by atoms with Crippen LogP contribution in [0.5, 0.6) is 5.75 Å². The van der Waals surface area contributed by atoms with Crippen LogP contribution in [-0.2, 0) is 0 Å². The van der Waals surface area contributed by atoms with E-state index in [2.05, 4.69) is 20.4 Å². The highest BCUT2D eigenvalue weighted by molar-refractivity contribution is 5.88. The fourth-order valence-electron chi connectivity index (χ4n) is 4.27. The topological polar surface area (TPSA) is 46.5 Å². The first-order valence-corrected chi connectivity index (χ1v) is 9.20. The van der Waals surface area contributed by atoms with Gasteiger partial charge in [-0.2, -0.15) is 0 Å². The molecule has 2 atom stereocenters. The molecule has 2 fully saturated rings. The lowest BCUT2D eigenvalue weighted by Crippen LogP contribution is -2.34. The van der Waals surface area contributed by atoms with Gasteiger partial charge in [-0.05, 0) is 62.0 Å². The number of allylic oxidation sites excluding steroid dienone is 1. The van der Waals surface area contributed by atoms with E-state index in [1.807, 2.05) is 0 Å². The molecule has 2 aliphatic carbocycles. The van der Waals surface area contributed by atoms with Crippen LogP contribution in [0.1, 0.15) is 74.2 Å². The molecule has 1 aromatic rings. The molecule has 3 rings (SSSR count). The first-order valence-electron chi connectivity index (χ1n) is 9.20. The highest BCUT2D eigenvalue weighted by Crippen LogP contribution is 2.47. The van der Waals surface area contributed by atoms with Crippen molar-refractivity contribution < 1.29 is 19.0 Å². The summed E-state index contributed by atoms with van der Waals surface area (Å²) in [7, 11) is 0. The standard InChI is InChI=1S/C21H27FO3/c1-4-21(10-13(2)7-14(3)11-21)12-25-19-9-18(22)17(20(23)24)8-16(19)15-5-6-15/h8-9,14-15H,2,4-7,10-12H2,1,3H3,(H,23,24). The summed E-state index contributed by atoms with van der Waals surface area (Å²) in [6.07, 6.45) is 6.10. The van der Waals surface area contributed by atoms with Gasteiger partial charge in [0.25, 0.3) is 0 Å². The molecule has 4 heteroatoms. The van der Waals surface area contributed by atoms with Crippen molar-refractivity contribution in [2.24, 2.45) is 11.3 Å². The van der Waals surface area contributed by atoms with Crippen LogP contribution in [0.3, 0.4) is 0 Å². The average molecular weight is 346 g/mol. The molecule has 0 aromatic heterocycles. The lowest BCUT2D eigenvalue weighted by molar-refractivity contribution is 0.0690. The average Bonchev–Trinajstić information content (AvgIpc) is 3.36. The third kappa shape index (κ3) is 3.88. The summed E-state index contributed by atoms with van der Waals surface area (Å²) in [5, 5.41) is 9.16.